The second-order valence-corrected chi connectivity index (χ2v) is 7.51. The Labute approximate surface area is 117 Å². The smallest absolute Gasteiger partial charge is 0.350 e. The lowest BCUT2D eigenvalue weighted by Crippen LogP contribution is -2.26. The van der Waals surface area contributed by atoms with Crippen LogP contribution in [0.3, 0.4) is 0 Å². The van der Waals surface area contributed by atoms with Gasteiger partial charge < -0.3 is 4.74 Å². The number of anilines is 1. The first-order valence-electron chi connectivity index (χ1n) is 6.13. The molecule has 2 rings (SSSR count). The molecule has 0 atom stereocenters. The molecule has 7 heteroatoms. The predicted molar refractivity (Wildman–Crippen MR) is 75.2 cm³/mol. The van der Waals surface area contributed by atoms with E-state index in [1.165, 1.54) is 18.4 Å². The van der Waals surface area contributed by atoms with E-state index in [2.05, 4.69) is 9.46 Å². The van der Waals surface area contributed by atoms with Gasteiger partial charge >= 0.3 is 5.97 Å². The van der Waals surface area contributed by atoms with Crippen molar-refractivity contribution < 1.29 is 17.9 Å². The van der Waals surface area contributed by atoms with Crippen molar-refractivity contribution in [2.45, 2.75) is 37.9 Å². The van der Waals surface area contributed by atoms with Gasteiger partial charge in [-0.1, -0.05) is 12.8 Å². The molecule has 0 saturated heterocycles. The van der Waals surface area contributed by atoms with E-state index >= 15 is 0 Å². The molecule has 0 bridgehead atoms. The maximum absolute atomic E-state index is 12.3. The summed E-state index contributed by atoms with van der Waals surface area (Å²) >= 11 is 1.19. The van der Waals surface area contributed by atoms with Crippen LogP contribution in [0.1, 0.15) is 40.9 Å². The minimum atomic E-state index is -3.42. The number of sulfonamides is 1. The third kappa shape index (κ3) is 2.92. The van der Waals surface area contributed by atoms with Crippen molar-refractivity contribution in [3.8, 4) is 0 Å². The van der Waals surface area contributed by atoms with E-state index in [0.29, 0.717) is 23.4 Å². The molecule has 19 heavy (non-hydrogen) atoms. The zero-order chi connectivity index (χ0) is 14.0. The zero-order valence-electron chi connectivity index (χ0n) is 10.9. The number of rotatable bonds is 4. The van der Waals surface area contributed by atoms with Crippen LogP contribution in [0.4, 0.5) is 5.69 Å². The molecule has 106 valence electrons. The Morgan fingerprint density at radius 3 is 2.63 bits per heavy atom. The van der Waals surface area contributed by atoms with E-state index in [9.17, 15) is 13.2 Å². The first-order chi connectivity index (χ1) is 8.95. The number of carbonyl (C=O) groups excluding carboxylic acids is 1. The Kier molecular flexibility index (Phi) is 4.15. The highest BCUT2D eigenvalue weighted by atomic mass is 32.2. The summed E-state index contributed by atoms with van der Waals surface area (Å²) in [5.41, 5.74) is 1.11. The molecule has 1 aromatic rings. The number of carbonyl (C=O) groups is 1. The standard InChI is InChI=1S/C12H17NO4S2/c1-8-7-18-11(12(14)17-2)10(8)13-19(15,16)9-5-3-4-6-9/h7,9,13H,3-6H2,1-2H3. The molecule has 0 unspecified atom stereocenters. The normalized spacial score (nSPS) is 16.5. The average Bonchev–Trinajstić information content (AvgIpc) is 3.00. The van der Waals surface area contributed by atoms with Crippen molar-refractivity contribution in [2.75, 3.05) is 11.8 Å². The summed E-state index contributed by atoms with van der Waals surface area (Å²) in [6.45, 7) is 1.77. The molecule has 1 aliphatic carbocycles. The SMILES string of the molecule is COC(=O)c1scc(C)c1NS(=O)(=O)C1CCCC1. The summed E-state index contributed by atoms with van der Waals surface area (Å²) in [5.74, 6) is -0.512. The second kappa shape index (κ2) is 5.50. The number of hydrogen-bond acceptors (Lipinski definition) is 5. The number of thiophene rings is 1. The van der Waals surface area contributed by atoms with Gasteiger partial charge in [-0.3, -0.25) is 4.72 Å². The van der Waals surface area contributed by atoms with E-state index in [-0.39, 0.29) is 5.25 Å². The molecular formula is C12H17NO4S2. The van der Waals surface area contributed by atoms with Crippen molar-refractivity contribution >= 4 is 33.0 Å². The highest BCUT2D eigenvalue weighted by Gasteiger charge is 2.30. The van der Waals surface area contributed by atoms with Gasteiger partial charge in [-0.2, -0.15) is 0 Å². The number of hydrogen-bond donors (Lipinski definition) is 1. The van der Waals surface area contributed by atoms with Crippen LogP contribution in [0, 0.1) is 6.92 Å². The summed E-state index contributed by atoms with van der Waals surface area (Å²) in [4.78, 5) is 11.9. The molecule has 1 fully saturated rings. The van der Waals surface area contributed by atoms with Gasteiger partial charge in [-0.15, -0.1) is 11.3 Å². The fourth-order valence-electron chi connectivity index (χ4n) is 2.24. The highest BCUT2D eigenvalue weighted by molar-refractivity contribution is 7.93. The van der Waals surface area contributed by atoms with Crippen molar-refractivity contribution in [1.29, 1.82) is 0 Å². The number of aryl methyl sites for hydroxylation is 1. The van der Waals surface area contributed by atoms with E-state index < -0.39 is 16.0 Å². The Hall–Kier alpha value is -1.08. The Bertz CT molecular complexity index is 571. The molecule has 1 aromatic heterocycles. The fraction of sp³-hybridized carbons (Fsp3) is 0.583. The van der Waals surface area contributed by atoms with Crippen LogP contribution in [-0.4, -0.2) is 26.7 Å². The molecule has 1 aliphatic rings. The lowest BCUT2D eigenvalue weighted by molar-refractivity contribution is 0.0607. The van der Waals surface area contributed by atoms with E-state index in [1.807, 2.05) is 0 Å². The van der Waals surface area contributed by atoms with Crippen LogP contribution in [0.2, 0.25) is 0 Å². The first-order valence-corrected chi connectivity index (χ1v) is 8.56. The van der Waals surface area contributed by atoms with Gasteiger partial charge in [-0.05, 0) is 30.7 Å². The molecule has 5 nitrogen and oxygen atoms in total. The predicted octanol–water partition coefficient (Wildman–Crippen LogP) is 2.53. The molecule has 0 aliphatic heterocycles. The molecule has 0 spiro atoms. The molecule has 1 saturated carbocycles. The van der Waals surface area contributed by atoms with Crippen LogP contribution in [-0.2, 0) is 14.8 Å². The molecule has 0 aromatic carbocycles. The monoisotopic (exact) mass is 303 g/mol. The number of nitrogens with one attached hydrogen (secondary N) is 1. The van der Waals surface area contributed by atoms with Crippen LogP contribution in [0.25, 0.3) is 0 Å². The van der Waals surface area contributed by atoms with Crippen LogP contribution >= 0.6 is 11.3 Å². The quantitative estimate of drug-likeness (QED) is 0.868. The molecule has 1 heterocycles. The number of esters is 1. The minimum Gasteiger partial charge on any atom is -0.465 e. The first kappa shape index (κ1) is 14.3. The van der Waals surface area contributed by atoms with Crippen LogP contribution < -0.4 is 4.72 Å². The van der Waals surface area contributed by atoms with Gasteiger partial charge in [0, 0.05) is 0 Å². The van der Waals surface area contributed by atoms with Crippen molar-refractivity contribution in [3.05, 3.63) is 15.8 Å². The summed E-state index contributed by atoms with van der Waals surface area (Å²) in [6.07, 6.45) is 3.26. The largest absolute Gasteiger partial charge is 0.465 e. The third-order valence-electron chi connectivity index (χ3n) is 3.33. The van der Waals surface area contributed by atoms with Crippen molar-refractivity contribution in [2.24, 2.45) is 0 Å². The lowest BCUT2D eigenvalue weighted by Gasteiger charge is -2.14. The number of methoxy groups -OCH3 is 1. The van der Waals surface area contributed by atoms with Crippen LogP contribution in [0.15, 0.2) is 5.38 Å². The summed E-state index contributed by atoms with van der Waals surface area (Å²) in [7, 11) is -2.14. The van der Waals surface area contributed by atoms with Crippen molar-refractivity contribution in [1.82, 2.24) is 0 Å². The summed E-state index contributed by atoms with van der Waals surface area (Å²) in [6, 6.07) is 0. The average molecular weight is 303 g/mol. The Balaban J connectivity index is 2.28. The topological polar surface area (TPSA) is 72.5 Å². The van der Waals surface area contributed by atoms with Gasteiger partial charge in [0.25, 0.3) is 0 Å². The fourth-order valence-corrected chi connectivity index (χ4v) is 4.89. The number of ether oxygens (including phenoxy) is 1. The maximum atomic E-state index is 12.3. The maximum Gasteiger partial charge on any atom is 0.350 e. The van der Waals surface area contributed by atoms with E-state index in [4.69, 9.17) is 0 Å². The molecule has 0 amide bonds. The zero-order valence-corrected chi connectivity index (χ0v) is 12.6. The summed E-state index contributed by atoms with van der Waals surface area (Å²) in [5, 5.41) is 1.40. The highest BCUT2D eigenvalue weighted by Crippen LogP contribution is 2.32. The Morgan fingerprint density at radius 2 is 2.05 bits per heavy atom. The molecular weight excluding hydrogens is 286 g/mol. The van der Waals surface area contributed by atoms with Gasteiger partial charge in [0.15, 0.2) is 0 Å². The third-order valence-corrected chi connectivity index (χ3v) is 6.25. The van der Waals surface area contributed by atoms with Gasteiger partial charge in [0.1, 0.15) is 4.88 Å². The Morgan fingerprint density at radius 1 is 1.42 bits per heavy atom. The molecule has 1 N–H and O–H groups in total. The summed E-state index contributed by atoms with van der Waals surface area (Å²) < 4.78 is 31.8. The van der Waals surface area contributed by atoms with E-state index in [0.717, 1.165) is 18.4 Å². The van der Waals surface area contributed by atoms with Gasteiger partial charge in [-0.25, -0.2) is 13.2 Å². The molecule has 0 radical (unpaired) electrons. The van der Waals surface area contributed by atoms with Gasteiger partial charge in [0.05, 0.1) is 18.0 Å². The minimum absolute atomic E-state index is 0.307. The second-order valence-electron chi connectivity index (χ2n) is 4.67. The van der Waals surface area contributed by atoms with Crippen molar-refractivity contribution in [3.63, 3.8) is 0 Å². The van der Waals surface area contributed by atoms with E-state index in [1.54, 1.807) is 12.3 Å². The lowest BCUT2D eigenvalue weighted by atomic mass is 10.3. The van der Waals surface area contributed by atoms with Crippen LogP contribution in [0.5, 0.6) is 0 Å². The van der Waals surface area contributed by atoms with Gasteiger partial charge in [0.2, 0.25) is 10.0 Å².